The van der Waals surface area contributed by atoms with Crippen molar-refractivity contribution in [3.63, 3.8) is 0 Å². The lowest BCUT2D eigenvalue weighted by atomic mass is 10.1. The van der Waals surface area contributed by atoms with Crippen LogP contribution in [0.15, 0.2) is 60.2 Å². The number of hydrogen-bond donors (Lipinski definition) is 3. The summed E-state index contributed by atoms with van der Waals surface area (Å²) in [4.78, 5) is 13.6. The van der Waals surface area contributed by atoms with Gasteiger partial charge in [-0.25, -0.2) is 9.97 Å². The summed E-state index contributed by atoms with van der Waals surface area (Å²) in [7, 11) is 0. The number of benzene rings is 1. The van der Waals surface area contributed by atoms with E-state index in [0.29, 0.717) is 12.4 Å². The van der Waals surface area contributed by atoms with Crippen molar-refractivity contribution in [2.24, 2.45) is 5.73 Å². The van der Waals surface area contributed by atoms with Crippen LogP contribution in [0.2, 0.25) is 0 Å². The van der Waals surface area contributed by atoms with E-state index in [0.717, 1.165) is 33.6 Å². The van der Waals surface area contributed by atoms with Crippen LogP contribution in [0.4, 0.5) is 5.82 Å². The molecule has 0 aliphatic carbocycles. The predicted molar refractivity (Wildman–Crippen MR) is 126 cm³/mol. The molecule has 0 fully saturated rings. The summed E-state index contributed by atoms with van der Waals surface area (Å²) >= 11 is 1.53. The topological polar surface area (TPSA) is 97.0 Å². The molecule has 3 heterocycles. The van der Waals surface area contributed by atoms with Crippen molar-refractivity contribution in [3.05, 3.63) is 71.4 Å². The number of aromatic nitrogens is 3. The average Bonchev–Trinajstić information content (AvgIpc) is 3.20. The fourth-order valence-corrected chi connectivity index (χ4v) is 4.06. The van der Waals surface area contributed by atoms with Gasteiger partial charge in [0.25, 0.3) is 0 Å². The molecule has 31 heavy (non-hydrogen) atoms. The van der Waals surface area contributed by atoms with E-state index in [1.165, 1.54) is 16.9 Å². The highest BCUT2D eigenvalue weighted by molar-refractivity contribution is 7.18. The van der Waals surface area contributed by atoms with Crippen LogP contribution in [0.25, 0.3) is 21.6 Å². The maximum absolute atomic E-state index is 9.54. The van der Waals surface area contributed by atoms with E-state index in [4.69, 9.17) is 15.7 Å². The van der Waals surface area contributed by atoms with Crippen molar-refractivity contribution in [2.75, 3.05) is 11.9 Å². The molecule has 3 aromatic heterocycles. The molecule has 0 aliphatic rings. The standard InChI is InChI=1S/C24H23N5OS/c1-16(30)7-8-19-15-31-22-21(19)28-23(18-9-11-26-12-10-18)29-24(22)27-14-20(25)13-17-5-3-2-4-6-17/h2-6,9-12,15-16,20,30H,13-14,25H2,1H3,(H,27,28,29). The molecule has 0 bridgehead atoms. The number of aliphatic hydroxyl groups excluding tert-OH is 1. The number of nitrogens with zero attached hydrogens (tertiary/aromatic N) is 3. The second-order valence-corrected chi connectivity index (χ2v) is 8.11. The fourth-order valence-electron chi connectivity index (χ4n) is 3.16. The minimum atomic E-state index is -0.704. The Kier molecular flexibility index (Phi) is 6.53. The molecule has 156 valence electrons. The Balaban J connectivity index is 1.65. The van der Waals surface area contributed by atoms with E-state index in [1.54, 1.807) is 19.3 Å². The largest absolute Gasteiger partial charge is 0.381 e. The van der Waals surface area contributed by atoms with Gasteiger partial charge in [0, 0.05) is 35.9 Å². The third-order valence-electron chi connectivity index (χ3n) is 4.64. The zero-order valence-electron chi connectivity index (χ0n) is 17.1. The van der Waals surface area contributed by atoms with Crippen LogP contribution in [0.1, 0.15) is 18.1 Å². The van der Waals surface area contributed by atoms with Crippen molar-refractivity contribution in [3.8, 4) is 23.2 Å². The summed E-state index contributed by atoms with van der Waals surface area (Å²) in [6, 6.07) is 13.9. The molecule has 0 saturated heterocycles. The normalized spacial score (nSPS) is 12.7. The first-order chi connectivity index (χ1) is 15.1. The molecule has 7 heteroatoms. The second kappa shape index (κ2) is 9.67. The van der Waals surface area contributed by atoms with E-state index in [1.807, 2.05) is 35.7 Å². The number of pyridine rings is 1. The predicted octanol–water partition coefficient (Wildman–Crippen LogP) is 3.47. The van der Waals surface area contributed by atoms with Gasteiger partial charge < -0.3 is 16.2 Å². The van der Waals surface area contributed by atoms with Gasteiger partial charge in [0.1, 0.15) is 17.4 Å². The first-order valence-corrected chi connectivity index (χ1v) is 10.9. The Bertz CT molecular complexity index is 1210. The van der Waals surface area contributed by atoms with E-state index in [2.05, 4.69) is 34.3 Å². The zero-order valence-corrected chi connectivity index (χ0v) is 17.9. The molecule has 0 saturated carbocycles. The summed E-state index contributed by atoms with van der Waals surface area (Å²) in [6.07, 6.45) is 3.50. The molecule has 0 aliphatic heterocycles. The second-order valence-electron chi connectivity index (χ2n) is 7.23. The van der Waals surface area contributed by atoms with Gasteiger partial charge >= 0.3 is 0 Å². The molecule has 0 amide bonds. The maximum atomic E-state index is 9.54. The molecule has 4 N–H and O–H groups in total. The molecule has 0 spiro atoms. The van der Waals surface area contributed by atoms with E-state index in [-0.39, 0.29) is 6.04 Å². The van der Waals surface area contributed by atoms with Crippen LogP contribution >= 0.6 is 11.3 Å². The Labute approximate surface area is 185 Å². The van der Waals surface area contributed by atoms with Gasteiger partial charge in [-0.2, -0.15) is 0 Å². The van der Waals surface area contributed by atoms with Crippen molar-refractivity contribution >= 4 is 27.4 Å². The number of rotatable bonds is 6. The number of fused-ring (bicyclic) bond motifs is 1. The Hall–Kier alpha value is -3.31. The lowest BCUT2D eigenvalue weighted by Gasteiger charge is -2.14. The molecule has 4 aromatic rings. The third-order valence-corrected chi connectivity index (χ3v) is 5.62. The van der Waals surface area contributed by atoms with Crippen LogP contribution in [0, 0.1) is 11.8 Å². The molecule has 0 radical (unpaired) electrons. The van der Waals surface area contributed by atoms with Gasteiger partial charge in [0.15, 0.2) is 5.82 Å². The van der Waals surface area contributed by atoms with Crippen molar-refractivity contribution < 1.29 is 5.11 Å². The highest BCUT2D eigenvalue weighted by Gasteiger charge is 2.15. The lowest BCUT2D eigenvalue weighted by Crippen LogP contribution is -2.31. The number of hydrogen-bond acceptors (Lipinski definition) is 7. The molecular weight excluding hydrogens is 406 g/mol. The van der Waals surface area contributed by atoms with Gasteiger partial charge in [-0.1, -0.05) is 42.2 Å². The van der Waals surface area contributed by atoms with Gasteiger partial charge in [-0.15, -0.1) is 11.3 Å². The Morgan fingerprint density at radius 3 is 2.65 bits per heavy atom. The molecule has 1 aromatic carbocycles. The smallest absolute Gasteiger partial charge is 0.162 e. The van der Waals surface area contributed by atoms with Gasteiger partial charge in [0.05, 0.1) is 10.3 Å². The maximum Gasteiger partial charge on any atom is 0.162 e. The Morgan fingerprint density at radius 2 is 1.90 bits per heavy atom. The fraction of sp³-hybridized carbons (Fsp3) is 0.208. The SMILES string of the molecule is CC(O)C#Cc1csc2c(NCC(N)Cc3ccccc3)nc(-c3ccncc3)nc12. The van der Waals surface area contributed by atoms with Gasteiger partial charge in [-0.05, 0) is 31.0 Å². The summed E-state index contributed by atoms with van der Waals surface area (Å²) in [5.41, 5.74) is 9.98. The van der Waals surface area contributed by atoms with Crippen LogP contribution < -0.4 is 11.1 Å². The number of thiophene rings is 1. The Morgan fingerprint density at radius 1 is 1.13 bits per heavy atom. The molecule has 6 nitrogen and oxygen atoms in total. The number of nitrogens with one attached hydrogen (secondary N) is 1. The average molecular weight is 430 g/mol. The van der Waals surface area contributed by atoms with Crippen LogP contribution in [-0.4, -0.2) is 38.7 Å². The van der Waals surface area contributed by atoms with Crippen LogP contribution in [0.3, 0.4) is 0 Å². The lowest BCUT2D eigenvalue weighted by molar-refractivity contribution is 0.253. The van der Waals surface area contributed by atoms with Gasteiger partial charge in [-0.3, -0.25) is 4.98 Å². The first-order valence-electron chi connectivity index (χ1n) is 10.0. The summed E-state index contributed by atoms with van der Waals surface area (Å²) in [5, 5.41) is 14.9. The summed E-state index contributed by atoms with van der Waals surface area (Å²) in [6.45, 7) is 2.21. The van der Waals surface area contributed by atoms with Crippen molar-refractivity contribution in [2.45, 2.75) is 25.5 Å². The zero-order chi connectivity index (χ0) is 21.6. The van der Waals surface area contributed by atoms with Crippen LogP contribution in [-0.2, 0) is 6.42 Å². The number of nitrogens with two attached hydrogens (primary N) is 1. The van der Waals surface area contributed by atoms with E-state index >= 15 is 0 Å². The molecular formula is C24H23N5OS. The van der Waals surface area contributed by atoms with E-state index < -0.39 is 6.10 Å². The third kappa shape index (κ3) is 5.25. The van der Waals surface area contributed by atoms with Crippen LogP contribution in [0.5, 0.6) is 0 Å². The minimum Gasteiger partial charge on any atom is -0.381 e. The van der Waals surface area contributed by atoms with E-state index in [9.17, 15) is 5.11 Å². The summed E-state index contributed by atoms with van der Waals surface area (Å²) < 4.78 is 0.916. The monoisotopic (exact) mass is 429 g/mol. The summed E-state index contributed by atoms with van der Waals surface area (Å²) in [5.74, 6) is 7.15. The highest BCUT2D eigenvalue weighted by atomic mass is 32.1. The van der Waals surface area contributed by atoms with Gasteiger partial charge in [0.2, 0.25) is 0 Å². The first kappa shape index (κ1) is 20.9. The minimum absolute atomic E-state index is 0.0637. The van der Waals surface area contributed by atoms with Crippen molar-refractivity contribution in [1.29, 1.82) is 0 Å². The molecule has 4 rings (SSSR count). The molecule has 2 atom stereocenters. The molecule has 2 unspecified atom stereocenters. The quantitative estimate of drug-likeness (QED) is 0.406. The number of aliphatic hydroxyl groups is 1. The van der Waals surface area contributed by atoms with Crippen molar-refractivity contribution in [1.82, 2.24) is 15.0 Å². The highest BCUT2D eigenvalue weighted by Crippen LogP contribution is 2.32. The number of anilines is 1.